The van der Waals surface area contributed by atoms with E-state index in [0.717, 1.165) is 23.3 Å². The van der Waals surface area contributed by atoms with Gasteiger partial charge in [0.05, 0.1) is 13.0 Å². The average molecular weight is 397 g/mol. The second-order valence-corrected chi connectivity index (χ2v) is 6.83. The average Bonchev–Trinajstić information content (AvgIpc) is 2.69. The summed E-state index contributed by atoms with van der Waals surface area (Å²) in [5.41, 5.74) is 3.11. The molecule has 0 unspecified atom stereocenters. The van der Waals surface area contributed by atoms with Gasteiger partial charge in [0.1, 0.15) is 5.75 Å². The van der Waals surface area contributed by atoms with Gasteiger partial charge in [-0.1, -0.05) is 19.1 Å². The molecule has 0 radical (unpaired) electrons. The van der Waals surface area contributed by atoms with Gasteiger partial charge >= 0.3 is 5.97 Å². The predicted octanol–water partition coefficient (Wildman–Crippen LogP) is 4.24. The largest absolute Gasteiger partial charge is 0.493 e. The van der Waals surface area contributed by atoms with Crippen LogP contribution in [0.5, 0.6) is 5.75 Å². The molecule has 0 saturated heterocycles. The molecule has 0 atom stereocenters. The van der Waals surface area contributed by atoms with Crippen LogP contribution < -0.4 is 10.1 Å². The molecule has 29 heavy (non-hydrogen) atoms. The Bertz CT molecular complexity index is 858. The molecule has 2 aromatic carbocycles. The Morgan fingerprint density at radius 1 is 0.966 bits per heavy atom. The summed E-state index contributed by atoms with van der Waals surface area (Å²) in [7, 11) is 0. The highest BCUT2D eigenvalue weighted by molar-refractivity contribution is 5.98. The Hall–Kier alpha value is -3.15. The lowest BCUT2D eigenvalue weighted by atomic mass is 10.1. The number of nitrogens with one attached hydrogen (secondary N) is 1. The molecule has 154 valence electrons. The maximum absolute atomic E-state index is 12.2. The minimum atomic E-state index is -0.493. The van der Waals surface area contributed by atoms with Crippen molar-refractivity contribution in [3.05, 3.63) is 59.2 Å². The van der Waals surface area contributed by atoms with E-state index in [9.17, 15) is 14.4 Å². The Kier molecular flexibility index (Phi) is 8.40. The third-order valence-corrected chi connectivity index (χ3v) is 4.24. The van der Waals surface area contributed by atoms with Gasteiger partial charge in [-0.3, -0.25) is 14.4 Å². The molecule has 1 amide bonds. The van der Waals surface area contributed by atoms with E-state index < -0.39 is 5.97 Å². The minimum absolute atomic E-state index is 0.0586. The van der Waals surface area contributed by atoms with Crippen LogP contribution in [0.25, 0.3) is 0 Å². The van der Waals surface area contributed by atoms with E-state index in [-0.39, 0.29) is 31.3 Å². The Morgan fingerprint density at radius 2 is 1.69 bits per heavy atom. The SMILES string of the molecule is CCCC(=O)Nc1ccc(C(=O)COC(=O)CCOc2cc(C)ccc2C)cc1. The fourth-order valence-electron chi connectivity index (χ4n) is 2.60. The number of ketones is 1. The van der Waals surface area contributed by atoms with Gasteiger partial charge in [-0.15, -0.1) is 0 Å². The Morgan fingerprint density at radius 3 is 2.38 bits per heavy atom. The van der Waals surface area contributed by atoms with Gasteiger partial charge in [0, 0.05) is 17.7 Å². The zero-order chi connectivity index (χ0) is 21.2. The molecule has 2 rings (SSSR count). The highest BCUT2D eigenvalue weighted by Gasteiger charge is 2.11. The zero-order valence-corrected chi connectivity index (χ0v) is 17.1. The van der Waals surface area contributed by atoms with Crippen molar-refractivity contribution in [1.82, 2.24) is 0 Å². The topological polar surface area (TPSA) is 81.7 Å². The number of benzene rings is 2. The van der Waals surface area contributed by atoms with Crippen LogP contribution in [0.1, 0.15) is 47.7 Å². The van der Waals surface area contributed by atoms with Crippen molar-refractivity contribution in [2.75, 3.05) is 18.5 Å². The maximum Gasteiger partial charge on any atom is 0.309 e. The van der Waals surface area contributed by atoms with Crippen molar-refractivity contribution in [2.24, 2.45) is 0 Å². The standard InChI is InChI=1S/C23H27NO5/c1-4-5-22(26)24-19-10-8-18(9-11-19)20(25)15-29-23(27)12-13-28-21-14-16(2)6-7-17(21)3/h6-11,14H,4-5,12-13,15H2,1-3H3,(H,24,26). The molecule has 0 aromatic heterocycles. The highest BCUT2D eigenvalue weighted by Crippen LogP contribution is 2.19. The molecule has 1 N–H and O–H groups in total. The van der Waals surface area contributed by atoms with Gasteiger partial charge in [-0.05, 0) is 61.7 Å². The summed E-state index contributed by atoms with van der Waals surface area (Å²) in [5, 5.41) is 2.75. The number of Topliss-reactive ketones (excluding diaryl/α,β-unsaturated/α-hetero) is 1. The normalized spacial score (nSPS) is 10.3. The van der Waals surface area contributed by atoms with Gasteiger partial charge in [-0.25, -0.2) is 0 Å². The molecule has 0 aliphatic carbocycles. The fraction of sp³-hybridized carbons (Fsp3) is 0.348. The lowest BCUT2D eigenvalue weighted by Gasteiger charge is -2.10. The molecule has 0 fully saturated rings. The van der Waals surface area contributed by atoms with Crippen molar-refractivity contribution in [1.29, 1.82) is 0 Å². The van der Waals surface area contributed by atoms with Crippen LogP contribution in [0.2, 0.25) is 0 Å². The molecule has 6 heteroatoms. The van der Waals surface area contributed by atoms with Crippen LogP contribution >= 0.6 is 0 Å². The number of amides is 1. The first-order valence-corrected chi connectivity index (χ1v) is 9.68. The number of carbonyl (C=O) groups excluding carboxylic acids is 3. The number of aryl methyl sites for hydroxylation is 2. The summed E-state index contributed by atoms with van der Waals surface area (Å²) in [4.78, 5) is 35.6. The first-order chi connectivity index (χ1) is 13.9. The number of carbonyl (C=O) groups is 3. The summed E-state index contributed by atoms with van der Waals surface area (Å²) in [5.74, 6) is -0.129. The second-order valence-electron chi connectivity index (χ2n) is 6.83. The molecule has 0 aliphatic rings. The molecule has 0 saturated carbocycles. The Labute approximate surface area is 171 Å². The van der Waals surface area contributed by atoms with Crippen molar-refractivity contribution in [3.8, 4) is 5.75 Å². The van der Waals surface area contributed by atoms with Gasteiger partial charge < -0.3 is 14.8 Å². The number of hydrogen-bond acceptors (Lipinski definition) is 5. The van der Waals surface area contributed by atoms with Crippen molar-refractivity contribution >= 4 is 23.3 Å². The van der Waals surface area contributed by atoms with E-state index >= 15 is 0 Å². The van der Waals surface area contributed by atoms with E-state index in [1.807, 2.05) is 39.0 Å². The summed E-state index contributed by atoms with van der Waals surface area (Å²) in [6.07, 6.45) is 1.27. The van der Waals surface area contributed by atoms with Gasteiger partial charge in [0.25, 0.3) is 0 Å². The van der Waals surface area contributed by atoms with Crippen LogP contribution in [0, 0.1) is 13.8 Å². The van der Waals surface area contributed by atoms with Crippen molar-refractivity contribution in [3.63, 3.8) is 0 Å². The summed E-state index contributed by atoms with van der Waals surface area (Å²) in [6.45, 7) is 5.69. The van der Waals surface area contributed by atoms with Crippen molar-refractivity contribution < 1.29 is 23.9 Å². The lowest BCUT2D eigenvalue weighted by Crippen LogP contribution is -2.16. The summed E-state index contributed by atoms with van der Waals surface area (Å²) in [6, 6.07) is 12.4. The monoisotopic (exact) mass is 397 g/mol. The summed E-state index contributed by atoms with van der Waals surface area (Å²) >= 11 is 0. The molecule has 0 spiro atoms. The second kappa shape index (κ2) is 11.0. The smallest absolute Gasteiger partial charge is 0.309 e. The molecular weight excluding hydrogens is 370 g/mol. The van der Waals surface area contributed by atoms with E-state index in [0.29, 0.717) is 17.7 Å². The number of rotatable bonds is 10. The van der Waals surface area contributed by atoms with E-state index in [1.165, 1.54) is 0 Å². The van der Waals surface area contributed by atoms with Gasteiger partial charge in [-0.2, -0.15) is 0 Å². The number of esters is 1. The van der Waals surface area contributed by atoms with Gasteiger partial charge in [0.2, 0.25) is 5.91 Å². The Balaban J connectivity index is 1.74. The quantitative estimate of drug-likeness (QED) is 0.479. The van der Waals surface area contributed by atoms with E-state index in [4.69, 9.17) is 9.47 Å². The van der Waals surface area contributed by atoms with E-state index in [2.05, 4.69) is 5.32 Å². The van der Waals surface area contributed by atoms with Crippen LogP contribution in [-0.2, 0) is 14.3 Å². The molecule has 2 aromatic rings. The van der Waals surface area contributed by atoms with Crippen LogP contribution in [0.15, 0.2) is 42.5 Å². The number of ether oxygens (including phenoxy) is 2. The fourth-order valence-corrected chi connectivity index (χ4v) is 2.60. The first kappa shape index (κ1) is 22.1. The number of hydrogen-bond donors (Lipinski definition) is 1. The van der Waals surface area contributed by atoms with Crippen molar-refractivity contribution in [2.45, 2.75) is 40.0 Å². The molecular formula is C23H27NO5. The predicted molar refractivity (Wildman–Crippen MR) is 111 cm³/mol. The molecule has 0 bridgehead atoms. The van der Waals surface area contributed by atoms with Crippen LogP contribution in [0.4, 0.5) is 5.69 Å². The molecule has 0 heterocycles. The molecule has 0 aliphatic heterocycles. The van der Waals surface area contributed by atoms with Gasteiger partial charge in [0.15, 0.2) is 12.4 Å². The third-order valence-electron chi connectivity index (χ3n) is 4.24. The third kappa shape index (κ3) is 7.41. The minimum Gasteiger partial charge on any atom is -0.493 e. The summed E-state index contributed by atoms with van der Waals surface area (Å²) < 4.78 is 10.7. The lowest BCUT2D eigenvalue weighted by molar-refractivity contribution is -0.143. The highest BCUT2D eigenvalue weighted by atomic mass is 16.5. The first-order valence-electron chi connectivity index (χ1n) is 9.68. The maximum atomic E-state index is 12.2. The van der Waals surface area contributed by atoms with E-state index in [1.54, 1.807) is 24.3 Å². The zero-order valence-electron chi connectivity index (χ0n) is 17.1. The van der Waals surface area contributed by atoms with Crippen LogP contribution in [0.3, 0.4) is 0 Å². The van der Waals surface area contributed by atoms with Crippen LogP contribution in [-0.4, -0.2) is 30.9 Å². The number of anilines is 1. The molecule has 6 nitrogen and oxygen atoms in total.